The Hall–Kier alpha value is -4.01. The summed E-state index contributed by atoms with van der Waals surface area (Å²) in [4.78, 5) is 33.8. The first-order valence-electron chi connectivity index (χ1n) is 8.87. The van der Waals surface area contributed by atoms with Crippen molar-refractivity contribution in [3.8, 4) is 17.1 Å². The molecule has 29 heavy (non-hydrogen) atoms. The predicted octanol–water partition coefficient (Wildman–Crippen LogP) is 1.91. The number of aryl methyl sites for hydroxylation is 1. The van der Waals surface area contributed by atoms with E-state index in [0.29, 0.717) is 34.3 Å². The number of carbonyl (C=O) groups is 1. The summed E-state index contributed by atoms with van der Waals surface area (Å²) in [5.41, 5.74) is 1.86. The van der Waals surface area contributed by atoms with Crippen molar-refractivity contribution in [1.82, 2.24) is 24.1 Å². The average Bonchev–Trinajstić information content (AvgIpc) is 3.04. The summed E-state index contributed by atoms with van der Waals surface area (Å²) in [7, 11) is 1.57. The average molecular weight is 390 g/mol. The summed E-state index contributed by atoms with van der Waals surface area (Å²) in [6.07, 6.45) is 1.67. The molecule has 3 heterocycles. The first-order valence-corrected chi connectivity index (χ1v) is 8.87. The lowest BCUT2D eigenvalue weighted by Crippen LogP contribution is -2.28. The second kappa shape index (κ2) is 7.55. The molecule has 0 bridgehead atoms. The van der Waals surface area contributed by atoms with E-state index in [1.807, 2.05) is 18.2 Å². The summed E-state index contributed by atoms with van der Waals surface area (Å²) in [5, 5.41) is 7.02. The van der Waals surface area contributed by atoms with Crippen LogP contribution in [0.3, 0.4) is 0 Å². The quantitative estimate of drug-likeness (QED) is 0.558. The number of pyridine rings is 1. The number of ether oxygens (including phenoxy) is 1. The van der Waals surface area contributed by atoms with Gasteiger partial charge in [-0.25, -0.2) is 18.9 Å². The molecule has 9 nitrogen and oxygen atoms in total. The molecule has 0 aliphatic heterocycles. The van der Waals surface area contributed by atoms with Gasteiger partial charge >= 0.3 is 5.69 Å². The highest BCUT2D eigenvalue weighted by Gasteiger charge is 2.15. The van der Waals surface area contributed by atoms with Crippen molar-refractivity contribution in [1.29, 1.82) is 0 Å². The fraction of sp³-hybridized carbons (Fsp3) is 0.150. The maximum Gasteiger partial charge on any atom is 0.352 e. The summed E-state index contributed by atoms with van der Waals surface area (Å²) < 4.78 is 7.58. The Balaban J connectivity index is 1.60. The highest BCUT2D eigenvalue weighted by Crippen LogP contribution is 2.16. The molecule has 0 aliphatic rings. The van der Waals surface area contributed by atoms with Crippen molar-refractivity contribution in [2.45, 2.75) is 13.5 Å². The molecule has 3 aromatic heterocycles. The van der Waals surface area contributed by atoms with E-state index in [1.165, 1.54) is 4.40 Å². The Kier molecular flexibility index (Phi) is 4.78. The number of carbonyl (C=O) groups excluding carboxylic acids is 1. The van der Waals surface area contributed by atoms with Crippen LogP contribution in [-0.4, -0.2) is 37.2 Å². The second-order valence-electron chi connectivity index (χ2n) is 6.31. The molecule has 0 saturated carbocycles. The van der Waals surface area contributed by atoms with Gasteiger partial charge in [-0.2, -0.15) is 0 Å². The fourth-order valence-corrected chi connectivity index (χ4v) is 2.96. The number of hydrogen-bond donors (Lipinski definition) is 1. The van der Waals surface area contributed by atoms with E-state index in [9.17, 15) is 9.59 Å². The summed E-state index contributed by atoms with van der Waals surface area (Å²) in [6.45, 7) is 1.50. The number of anilines is 1. The molecular formula is C20H18N6O3. The number of rotatable bonds is 5. The van der Waals surface area contributed by atoms with Crippen LogP contribution in [-0.2, 0) is 11.3 Å². The van der Waals surface area contributed by atoms with Crippen LogP contribution < -0.4 is 15.7 Å². The van der Waals surface area contributed by atoms with Crippen LogP contribution in [0.1, 0.15) is 5.82 Å². The largest absolute Gasteiger partial charge is 0.497 e. The number of fused-ring (bicyclic) bond motifs is 1. The molecule has 0 spiro atoms. The van der Waals surface area contributed by atoms with E-state index in [2.05, 4.69) is 20.4 Å². The van der Waals surface area contributed by atoms with Crippen LogP contribution in [0, 0.1) is 6.92 Å². The normalized spacial score (nSPS) is 10.8. The van der Waals surface area contributed by atoms with Gasteiger partial charge in [-0.15, -0.1) is 5.10 Å². The third-order valence-electron chi connectivity index (χ3n) is 4.33. The number of nitrogens with zero attached hydrogens (tertiary/aromatic N) is 5. The van der Waals surface area contributed by atoms with Gasteiger partial charge in [0.15, 0.2) is 5.65 Å². The maximum absolute atomic E-state index is 12.7. The lowest BCUT2D eigenvalue weighted by atomic mass is 10.2. The molecule has 4 rings (SSSR count). The minimum absolute atomic E-state index is 0.217. The highest BCUT2D eigenvalue weighted by atomic mass is 16.5. The van der Waals surface area contributed by atoms with Gasteiger partial charge < -0.3 is 10.1 Å². The minimum atomic E-state index is -0.428. The minimum Gasteiger partial charge on any atom is -0.497 e. The number of hydrogen-bond acceptors (Lipinski definition) is 6. The van der Waals surface area contributed by atoms with Gasteiger partial charge in [-0.05, 0) is 43.3 Å². The lowest BCUT2D eigenvalue weighted by molar-refractivity contribution is -0.117. The van der Waals surface area contributed by atoms with E-state index in [1.54, 1.807) is 50.6 Å². The van der Waals surface area contributed by atoms with Crippen molar-refractivity contribution in [3.05, 3.63) is 71.0 Å². The zero-order valence-corrected chi connectivity index (χ0v) is 15.9. The van der Waals surface area contributed by atoms with E-state index in [4.69, 9.17) is 4.74 Å². The van der Waals surface area contributed by atoms with Gasteiger partial charge in [-0.3, -0.25) is 9.78 Å². The van der Waals surface area contributed by atoms with Crippen molar-refractivity contribution < 1.29 is 9.53 Å². The standard InChI is InChI=1S/C20H18N6O3/c1-13-22-17(16-5-3-4-10-21-16)11-18-24-25(20(28)26(13)18)12-19(27)23-14-6-8-15(29-2)9-7-14/h3-11H,12H2,1-2H3,(H,23,27). The third-order valence-corrected chi connectivity index (χ3v) is 4.33. The molecule has 1 N–H and O–H groups in total. The number of benzene rings is 1. The fourth-order valence-electron chi connectivity index (χ4n) is 2.96. The van der Waals surface area contributed by atoms with E-state index >= 15 is 0 Å². The number of aromatic nitrogens is 5. The molecule has 1 aromatic carbocycles. The van der Waals surface area contributed by atoms with Crippen LogP contribution in [0.2, 0.25) is 0 Å². The highest BCUT2D eigenvalue weighted by molar-refractivity contribution is 5.90. The summed E-state index contributed by atoms with van der Waals surface area (Å²) in [6, 6.07) is 14.1. The van der Waals surface area contributed by atoms with Crippen molar-refractivity contribution in [2.75, 3.05) is 12.4 Å². The molecule has 0 unspecified atom stereocenters. The molecule has 0 atom stereocenters. The molecule has 0 fully saturated rings. The molecule has 9 heteroatoms. The molecular weight excluding hydrogens is 372 g/mol. The van der Waals surface area contributed by atoms with Gasteiger partial charge in [0.05, 0.1) is 18.5 Å². The van der Waals surface area contributed by atoms with Crippen molar-refractivity contribution >= 4 is 17.2 Å². The molecule has 0 saturated heterocycles. The topological polar surface area (TPSA) is 103 Å². The zero-order valence-electron chi connectivity index (χ0n) is 15.9. The first kappa shape index (κ1) is 18.4. The van der Waals surface area contributed by atoms with Gasteiger partial charge in [0.1, 0.15) is 18.1 Å². The van der Waals surface area contributed by atoms with Crippen LogP contribution in [0.4, 0.5) is 5.69 Å². The van der Waals surface area contributed by atoms with Crippen LogP contribution in [0.5, 0.6) is 5.75 Å². The molecule has 4 aromatic rings. The van der Waals surface area contributed by atoms with Gasteiger partial charge in [0.25, 0.3) is 0 Å². The van der Waals surface area contributed by atoms with Crippen LogP contribution in [0.15, 0.2) is 59.5 Å². The Morgan fingerprint density at radius 2 is 1.93 bits per heavy atom. The van der Waals surface area contributed by atoms with Gasteiger partial charge in [0, 0.05) is 18.0 Å². The Morgan fingerprint density at radius 1 is 1.14 bits per heavy atom. The predicted molar refractivity (Wildman–Crippen MR) is 107 cm³/mol. The third kappa shape index (κ3) is 3.70. The molecule has 146 valence electrons. The molecule has 1 amide bonds. The van der Waals surface area contributed by atoms with Gasteiger partial charge in [0.2, 0.25) is 5.91 Å². The van der Waals surface area contributed by atoms with E-state index in [0.717, 1.165) is 4.68 Å². The number of amides is 1. The molecule has 0 radical (unpaired) electrons. The Labute approximate surface area is 165 Å². The Bertz CT molecular complexity index is 1230. The van der Waals surface area contributed by atoms with Gasteiger partial charge in [-0.1, -0.05) is 6.07 Å². The van der Waals surface area contributed by atoms with Crippen LogP contribution in [0.25, 0.3) is 17.0 Å². The second-order valence-corrected chi connectivity index (χ2v) is 6.31. The SMILES string of the molecule is COc1ccc(NC(=O)Cn2nc3cc(-c4ccccn4)nc(C)n3c2=O)cc1. The number of methoxy groups -OCH3 is 1. The maximum atomic E-state index is 12.7. The van der Waals surface area contributed by atoms with E-state index in [-0.39, 0.29) is 12.5 Å². The van der Waals surface area contributed by atoms with Crippen LogP contribution >= 0.6 is 0 Å². The van der Waals surface area contributed by atoms with Crippen molar-refractivity contribution in [2.24, 2.45) is 0 Å². The number of nitrogens with one attached hydrogen (secondary N) is 1. The summed E-state index contributed by atoms with van der Waals surface area (Å²) >= 11 is 0. The summed E-state index contributed by atoms with van der Waals surface area (Å²) in [5.74, 6) is 0.789. The van der Waals surface area contributed by atoms with Crippen molar-refractivity contribution in [3.63, 3.8) is 0 Å². The molecule has 0 aliphatic carbocycles. The lowest BCUT2D eigenvalue weighted by Gasteiger charge is -2.05. The first-order chi connectivity index (χ1) is 14.0. The van der Waals surface area contributed by atoms with E-state index < -0.39 is 5.69 Å². The monoisotopic (exact) mass is 390 g/mol. The smallest absolute Gasteiger partial charge is 0.352 e. The zero-order chi connectivity index (χ0) is 20.4. The Morgan fingerprint density at radius 3 is 2.62 bits per heavy atom.